The molecule has 0 aliphatic rings. The number of sulfonamides is 1. The van der Waals surface area contributed by atoms with Crippen LogP contribution in [0.5, 0.6) is 0 Å². The van der Waals surface area contributed by atoms with Gasteiger partial charge in [-0.25, -0.2) is 13.1 Å². The fourth-order valence-electron chi connectivity index (χ4n) is 1.02. The Morgan fingerprint density at radius 3 is 2.33 bits per heavy atom. The third kappa shape index (κ3) is 6.83. The van der Waals surface area contributed by atoms with Crippen molar-refractivity contribution in [2.75, 3.05) is 26.7 Å². The summed E-state index contributed by atoms with van der Waals surface area (Å²) in [7, 11) is -1.48. The van der Waals surface area contributed by atoms with Crippen LogP contribution in [-0.2, 0) is 14.8 Å². The van der Waals surface area contributed by atoms with Gasteiger partial charge in [-0.3, -0.25) is 0 Å². The van der Waals surface area contributed by atoms with Gasteiger partial charge in [-0.2, -0.15) is 0 Å². The number of hydrogen-bond acceptors (Lipinski definition) is 4. The molecule has 0 saturated heterocycles. The van der Waals surface area contributed by atoms with Crippen LogP contribution in [-0.4, -0.2) is 46.5 Å². The molecule has 0 spiro atoms. The van der Waals surface area contributed by atoms with E-state index in [1.54, 1.807) is 14.0 Å². The predicted molar refractivity (Wildman–Crippen MR) is 61.4 cm³/mol. The van der Waals surface area contributed by atoms with E-state index in [1.165, 1.54) is 0 Å². The maximum atomic E-state index is 11.6. The van der Waals surface area contributed by atoms with E-state index in [4.69, 9.17) is 4.74 Å². The molecule has 0 aromatic carbocycles. The summed E-state index contributed by atoms with van der Waals surface area (Å²) < 4.78 is 30.9. The van der Waals surface area contributed by atoms with Gasteiger partial charge >= 0.3 is 0 Å². The predicted octanol–water partition coefficient (Wildman–Crippen LogP) is -0.0613. The van der Waals surface area contributed by atoms with Crippen molar-refractivity contribution in [2.24, 2.45) is 0 Å². The average molecular weight is 238 g/mol. The third-order valence-corrected chi connectivity index (χ3v) is 3.71. The van der Waals surface area contributed by atoms with Crippen LogP contribution in [0.15, 0.2) is 0 Å². The Hall–Kier alpha value is -0.170. The SMILES string of the molecule is CNCC(C)S(=O)(=O)NCCOC(C)C. The second kappa shape index (κ2) is 7.16. The minimum atomic E-state index is -3.21. The first-order valence-electron chi connectivity index (χ1n) is 5.14. The smallest absolute Gasteiger partial charge is 0.215 e. The van der Waals surface area contributed by atoms with Gasteiger partial charge in [-0.1, -0.05) is 0 Å². The minimum Gasteiger partial charge on any atom is -0.377 e. The molecule has 1 atom stereocenters. The number of ether oxygens (including phenoxy) is 1. The van der Waals surface area contributed by atoms with Crippen LogP contribution >= 0.6 is 0 Å². The zero-order valence-electron chi connectivity index (χ0n) is 9.91. The van der Waals surface area contributed by atoms with Gasteiger partial charge in [0.1, 0.15) is 0 Å². The number of rotatable bonds is 8. The van der Waals surface area contributed by atoms with E-state index in [9.17, 15) is 8.42 Å². The molecular formula is C9H22N2O3S. The summed E-state index contributed by atoms with van der Waals surface area (Å²) in [4.78, 5) is 0. The molecule has 0 bridgehead atoms. The van der Waals surface area contributed by atoms with Crippen LogP contribution in [0, 0.1) is 0 Å². The zero-order valence-corrected chi connectivity index (χ0v) is 10.7. The Kier molecular flexibility index (Phi) is 7.08. The highest BCUT2D eigenvalue weighted by Crippen LogP contribution is 1.96. The van der Waals surface area contributed by atoms with E-state index < -0.39 is 15.3 Å². The first-order valence-corrected chi connectivity index (χ1v) is 6.69. The van der Waals surface area contributed by atoms with Crippen molar-refractivity contribution in [1.82, 2.24) is 10.0 Å². The Morgan fingerprint density at radius 2 is 1.87 bits per heavy atom. The summed E-state index contributed by atoms with van der Waals surface area (Å²) in [6.07, 6.45) is 0.129. The first kappa shape index (κ1) is 14.8. The Labute approximate surface area is 92.6 Å². The highest BCUT2D eigenvalue weighted by Gasteiger charge is 2.18. The summed E-state index contributed by atoms with van der Waals surface area (Å²) in [5.74, 6) is 0. The van der Waals surface area contributed by atoms with E-state index in [0.717, 1.165) is 0 Å². The molecule has 0 heterocycles. The molecule has 0 radical (unpaired) electrons. The van der Waals surface area contributed by atoms with Gasteiger partial charge in [0.2, 0.25) is 10.0 Å². The lowest BCUT2D eigenvalue weighted by atomic mass is 10.5. The molecular weight excluding hydrogens is 216 g/mol. The Bertz CT molecular complexity index is 252. The minimum absolute atomic E-state index is 0.129. The highest BCUT2D eigenvalue weighted by molar-refractivity contribution is 7.90. The van der Waals surface area contributed by atoms with Gasteiger partial charge in [-0.05, 0) is 27.8 Å². The van der Waals surface area contributed by atoms with Gasteiger partial charge in [0.05, 0.1) is 18.0 Å². The highest BCUT2D eigenvalue weighted by atomic mass is 32.2. The molecule has 92 valence electrons. The first-order chi connectivity index (χ1) is 6.90. The van der Waals surface area contributed by atoms with E-state index in [-0.39, 0.29) is 6.10 Å². The van der Waals surface area contributed by atoms with Crippen LogP contribution in [0.25, 0.3) is 0 Å². The molecule has 6 heteroatoms. The lowest BCUT2D eigenvalue weighted by molar-refractivity contribution is 0.0833. The maximum absolute atomic E-state index is 11.6. The van der Waals surface area contributed by atoms with Crippen molar-refractivity contribution in [3.8, 4) is 0 Å². The topological polar surface area (TPSA) is 67.4 Å². The van der Waals surface area contributed by atoms with Gasteiger partial charge in [0.15, 0.2) is 0 Å². The van der Waals surface area contributed by atoms with Gasteiger partial charge < -0.3 is 10.1 Å². The molecule has 1 unspecified atom stereocenters. The summed E-state index contributed by atoms with van der Waals surface area (Å²) >= 11 is 0. The summed E-state index contributed by atoms with van der Waals surface area (Å²) in [6, 6.07) is 0. The van der Waals surface area contributed by atoms with Crippen LogP contribution in [0.1, 0.15) is 20.8 Å². The quantitative estimate of drug-likeness (QED) is 0.581. The summed E-state index contributed by atoms with van der Waals surface area (Å²) in [5.41, 5.74) is 0. The van der Waals surface area contributed by atoms with Crippen molar-refractivity contribution in [1.29, 1.82) is 0 Å². The molecule has 0 rings (SSSR count). The second-order valence-corrected chi connectivity index (χ2v) is 5.91. The van der Waals surface area contributed by atoms with Crippen LogP contribution < -0.4 is 10.0 Å². The molecule has 0 fully saturated rings. The van der Waals surface area contributed by atoms with E-state index in [0.29, 0.717) is 19.7 Å². The molecule has 2 N–H and O–H groups in total. The van der Waals surface area contributed by atoms with Crippen molar-refractivity contribution in [3.05, 3.63) is 0 Å². The zero-order chi connectivity index (χ0) is 11.9. The molecule has 0 aromatic rings. The number of nitrogens with one attached hydrogen (secondary N) is 2. The lowest BCUT2D eigenvalue weighted by Gasteiger charge is -2.14. The van der Waals surface area contributed by atoms with Crippen LogP contribution in [0.2, 0.25) is 0 Å². The maximum Gasteiger partial charge on any atom is 0.215 e. The molecule has 5 nitrogen and oxygen atoms in total. The van der Waals surface area contributed by atoms with Crippen molar-refractivity contribution >= 4 is 10.0 Å². The second-order valence-electron chi connectivity index (χ2n) is 3.73. The normalized spacial score (nSPS) is 14.5. The molecule has 0 saturated carbocycles. The fourth-order valence-corrected chi connectivity index (χ4v) is 2.06. The third-order valence-electron chi connectivity index (χ3n) is 1.88. The Balaban J connectivity index is 3.84. The van der Waals surface area contributed by atoms with E-state index >= 15 is 0 Å². The van der Waals surface area contributed by atoms with Crippen LogP contribution in [0.4, 0.5) is 0 Å². The van der Waals surface area contributed by atoms with Gasteiger partial charge in [0, 0.05) is 13.1 Å². The lowest BCUT2D eigenvalue weighted by Crippen LogP contribution is -2.39. The van der Waals surface area contributed by atoms with Gasteiger partial charge in [-0.15, -0.1) is 0 Å². The number of hydrogen-bond donors (Lipinski definition) is 2. The molecule has 0 aliphatic carbocycles. The van der Waals surface area contributed by atoms with Crippen molar-refractivity contribution in [3.63, 3.8) is 0 Å². The van der Waals surface area contributed by atoms with E-state index in [2.05, 4.69) is 10.0 Å². The average Bonchev–Trinajstić information content (AvgIpc) is 2.12. The standard InChI is InChI=1S/C9H22N2O3S/c1-8(2)14-6-5-11-15(12,13)9(3)7-10-4/h8-11H,5-7H2,1-4H3. The summed E-state index contributed by atoms with van der Waals surface area (Å²) in [6.45, 7) is 6.68. The van der Waals surface area contributed by atoms with Crippen molar-refractivity contribution < 1.29 is 13.2 Å². The largest absolute Gasteiger partial charge is 0.377 e. The monoisotopic (exact) mass is 238 g/mol. The Morgan fingerprint density at radius 1 is 1.27 bits per heavy atom. The summed E-state index contributed by atoms with van der Waals surface area (Å²) in [5, 5.41) is 2.40. The molecule has 0 amide bonds. The molecule has 15 heavy (non-hydrogen) atoms. The van der Waals surface area contributed by atoms with Crippen molar-refractivity contribution in [2.45, 2.75) is 32.1 Å². The van der Waals surface area contributed by atoms with Gasteiger partial charge in [0.25, 0.3) is 0 Å². The fraction of sp³-hybridized carbons (Fsp3) is 1.00. The van der Waals surface area contributed by atoms with Crippen LogP contribution in [0.3, 0.4) is 0 Å². The van der Waals surface area contributed by atoms with E-state index in [1.807, 2.05) is 13.8 Å². The molecule has 0 aromatic heterocycles. The molecule has 0 aliphatic heterocycles.